The average Bonchev–Trinajstić information content (AvgIpc) is 3.09. The SMILES string of the molecule is Cc1c(C(=O)N2CCNCC2c2cccc(Cl)c2)cnn1-c1ccc(=O)[nH]n1.Cl. The van der Waals surface area contributed by atoms with Gasteiger partial charge in [0.25, 0.3) is 11.5 Å². The second kappa shape index (κ2) is 8.77. The average molecular weight is 435 g/mol. The van der Waals surface area contributed by atoms with Gasteiger partial charge in [-0.3, -0.25) is 9.59 Å². The molecular formula is C19H20Cl2N6O2. The summed E-state index contributed by atoms with van der Waals surface area (Å²) in [5, 5.41) is 14.6. The molecule has 1 atom stereocenters. The minimum atomic E-state index is -0.296. The minimum Gasteiger partial charge on any atom is -0.329 e. The Morgan fingerprint density at radius 3 is 2.83 bits per heavy atom. The second-order valence-corrected chi connectivity index (χ2v) is 7.04. The Labute approximate surface area is 178 Å². The minimum absolute atomic E-state index is 0. The van der Waals surface area contributed by atoms with Crippen molar-refractivity contribution in [3.63, 3.8) is 0 Å². The number of hydrogen-bond acceptors (Lipinski definition) is 5. The number of hydrogen-bond donors (Lipinski definition) is 2. The van der Waals surface area contributed by atoms with Crippen molar-refractivity contribution in [3.05, 3.63) is 74.8 Å². The van der Waals surface area contributed by atoms with Gasteiger partial charge in [0, 0.05) is 30.7 Å². The van der Waals surface area contributed by atoms with E-state index in [9.17, 15) is 9.59 Å². The zero-order valence-corrected chi connectivity index (χ0v) is 17.2. The summed E-state index contributed by atoms with van der Waals surface area (Å²) >= 11 is 6.15. The fourth-order valence-corrected chi connectivity index (χ4v) is 3.62. The van der Waals surface area contributed by atoms with Gasteiger partial charge in [0.05, 0.1) is 23.5 Å². The van der Waals surface area contributed by atoms with Crippen LogP contribution in [0.2, 0.25) is 5.02 Å². The number of aromatic amines is 1. The van der Waals surface area contributed by atoms with Gasteiger partial charge in [-0.05, 0) is 30.7 Å². The van der Waals surface area contributed by atoms with E-state index in [1.807, 2.05) is 36.1 Å². The third-order valence-corrected chi connectivity index (χ3v) is 5.09. The topological polar surface area (TPSA) is 95.9 Å². The van der Waals surface area contributed by atoms with E-state index in [-0.39, 0.29) is 29.9 Å². The van der Waals surface area contributed by atoms with E-state index >= 15 is 0 Å². The van der Waals surface area contributed by atoms with Gasteiger partial charge in [-0.2, -0.15) is 10.2 Å². The number of carbonyl (C=O) groups excluding carboxylic acids is 1. The van der Waals surface area contributed by atoms with Crippen LogP contribution in [-0.4, -0.2) is 50.4 Å². The Balaban J connectivity index is 0.00000240. The van der Waals surface area contributed by atoms with E-state index in [0.29, 0.717) is 35.2 Å². The van der Waals surface area contributed by atoms with E-state index in [4.69, 9.17) is 11.6 Å². The third kappa shape index (κ3) is 4.19. The molecule has 1 aromatic carbocycles. The molecule has 152 valence electrons. The quantitative estimate of drug-likeness (QED) is 0.657. The molecule has 0 aliphatic carbocycles. The van der Waals surface area contributed by atoms with Crippen molar-refractivity contribution in [3.8, 4) is 5.82 Å². The van der Waals surface area contributed by atoms with Crippen LogP contribution in [0.1, 0.15) is 27.7 Å². The Morgan fingerprint density at radius 2 is 2.10 bits per heavy atom. The normalized spacial score (nSPS) is 16.3. The predicted molar refractivity (Wildman–Crippen MR) is 112 cm³/mol. The van der Waals surface area contributed by atoms with Crippen molar-refractivity contribution < 1.29 is 4.79 Å². The van der Waals surface area contributed by atoms with Crippen LogP contribution in [-0.2, 0) is 0 Å². The fourth-order valence-electron chi connectivity index (χ4n) is 3.42. The fraction of sp³-hybridized carbons (Fsp3) is 0.263. The van der Waals surface area contributed by atoms with E-state index in [1.54, 1.807) is 16.9 Å². The molecule has 1 saturated heterocycles. The number of carbonyl (C=O) groups is 1. The first-order valence-corrected chi connectivity index (χ1v) is 9.30. The molecule has 8 nitrogen and oxygen atoms in total. The predicted octanol–water partition coefficient (Wildman–Crippen LogP) is 2.13. The van der Waals surface area contributed by atoms with Crippen molar-refractivity contribution in [2.24, 2.45) is 0 Å². The lowest BCUT2D eigenvalue weighted by Crippen LogP contribution is -2.48. The van der Waals surface area contributed by atoms with Gasteiger partial charge in [0.1, 0.15) is 0 Å². The summed E-state index contributed by atoms with van der Waals surface area (Å²) in [6, 6.07) is 10.4. The maximum Gasteiger partial charge on any atom is 0.264 e. The van der Waals surface area contributed by atoms with Crippen LogP contribution in [0.4, 0.5) is 0 Å². The van der Waals surface area contributed by atoms with Crippen molar-refractivity contribution >= 4 is 29.9 Å². The number of rotatable bonds is 3. The van der Waals surface area contributed by atoms with Gasteiger partial charge in [-0.15, -0.1) is 12.4 Å². The Hall–Kier alpha value is -2.68. The molecule has 0 bridgehead atoms. The maximum absolute atomic E-state index is 13.3. The summed E-state index contributed by atoms with van der Waals surface area (Å²) in [6.45, 7) is 3.76. The molecule has 1 fully saturated rings. The molecule has 3 aromatic rings. The third-order valence-electron chi connectivity index (χ3n) is 4.86. The first-order valence-electron chi connectivity index (χ1n) is 8.92. The number of nitrogens with one attached hydrogen (secondary N) is 2. The lowest BCUT2D eigenvalue weighted by atomic mass is 10.0. The number of aromatic nitrogens is 4. The van der Waals surface area contributed by atoms with Crippen LogP contribution in [0.25, 0.3) is 5.82 Å². The van der Waals surface area contributed by atoms with Crippen LogP contribution < -0.4 is 10.9 Å². The number of H-pyrrole nitrogens is 1. The Morgan fingerprint density at radius 1 is 1.28 bits per heavy atom. The molecule has 1 aliphatic heterocycles. The molecule has 1 aliphatic rings. The van der Waals surface area contributed by atoms with Gasteiger partial charge < -0.3 is 10.2 Å². The molecule has 4 rings (SSSR count). The second-order valence-electron chi connectivity index (χ2n) is 6.61. The van der Waals surface area contributed by atoms with E-state index < -0.39 is 0 Å². The number of piperazine rings is 1. The molecule has 1 amide bonds. The molecule has 29 heavy (non-hydrogen) atoms. The van der Waals surface area contributed by atoms with Gasteiger partial charge in [-0.1, -0.05) is 23.7 Å². The van der Waals surface area contributed by atoms with Gasteiger partial charge >= 0.3 is 0 Å². The standard InChI is InChI=1S/C19H19ClN6O2.ClH/c1-12-15(10-22-26(12)17-5-6-18(27)24-23-17)19(28)25-8-7-21-11-16(25)13-3-2-4-14(20)9-13;/h2-6,9-10,16,21H,7-8,11H2,1H3,(H,24,27);1H. The van der Waals surface area contributed by atoms with Crippen LogP contribution in [0, 0.1) is 6.92 Å². The molecule has 1 unspecified atom stereocenters. The highest BCUT2D eigenvalue weighted by atomic mass is 35.5. The summed E-state index contributed by atoms with van der Waals surface area (Å²) in [4.78, 5) is 26.4. The molecule has 3 heterocycles. The van der Waals surface area contributed by atoms with Gasteiger partial charge in [0.15, 0.2) is 5.82 Å². The zero-order chi connectivity index (χ0) is 19.7. The Bertz CT molecular complexity index is 1060. The van der Waals surface area contributed by atoms with Gasteiger partial charge in [0.2, 0.25) is 0 Å². The summed E-state index contributed by atoms with van der Waals surface area (Å²) in [6.07, 6.45) is 1.54. The summed E-state index contributed by atoms with van der Waals surface area (Å²) in [5.41, 5.74) is 1.85. The molecule has 2 N–H and O–H groups in total. The van der Waals surface area contributed by atoms with Crippen LogP contribution in [0.15, 0.2) is 47.4 Å². The van der Waals surface area contributed by atoms with E-state index in [1.165, 1.54) is 6.07 Å². The van der Waals surface area contributed by atoms with E-state index in [2.05, 4.69) is 20.6 Å². The molecule has 0 saturated carbocycles. The first-order chi connectivity index (χ1) is 13.5. The molecule has 0 radical (unpaired) electrons. The zero-order valence-electron chi connectivity index (χ0n) is 15.6. The summed E-state index contributed by atoms with van der Waals surface area (Å²) in [7, 11) is 0. The van der Waals surface area contributed by atoms with E-state index in [0.717, 1.165) is 12.1 Å². The summed E-state index contributed by atoms with van der Waals surface area (Å²) in [5.74, 6) is 0.350. The lowest BCUT2D eigenvalue weighted by molar-refractivity contribution is 0.0633. The smallest absolute Gasteiger partial charge is 0.264 e. The number of nitrogens with zero attached hydrogens (tertiary/aromatic N) is 4. The molecule has 10 heteroatoms. The van der Waals surface area contributed by atoms with Crippen molar-refractivity contribution in [1.82, 2.24) is 30.2 Å². The van der Waals surface area contributed by atoms with Crippen molar-refractivity contribution in [2.75, 3.05) is 19.6 Å². The lowest BCUT2D eigenvalue weighted by Gasteiger charge is -2.36. The van der Waals surface area contributed by atoms with Crippen LogP contribution in [0.5, 0.6) is 0 Å². The number of halogens is 2. The van der Waals surface area contributed by atoms with Crippen LogP contribution in [0.3, 0.4) is 0 Å². The highest BCUT2D eigenvalue weighted by molar-refractivity contribution is 6.30. The molecular weight excluding hydrogens is 415 g/mol. The van der Waals surface area contributed by atoms with Gasteiger partial charge in [-0.25, -0.2) is 9.78 Å². The number of amides is 1. The maximum atomic E-state index is 13.3. The van der Waals surface area contributed by atoms with Crippen molar-refractivity contribution in [2.45, 2.75) is 13.0 Å². The van der Waals surface area contributed by atoms with Crippen LogP contribution >= 0.6 is 24.0 Å². The van der Waals surface area contributed by atoms with Crippen molar-refractivity contribution in [1.29, 1.82) is 0 Å². The number of benzene rings is 1. The Kier molecular flexibility index (Phi) is 6.36. The highest BCUT2D eigenvalue weighted by Gasteiger charge is 2.30. The highest BCUT2D eigenvalue weighted by Crippen LogP contribution is 2.27. The molecule has 0 spiro atoms. The largest absolute Gasteiger partial charge is 0.329 e. The molecule has 2 aromatic heterocycles. The monoisotopic (exact) mass is 434 g/mol. The summed E-state index contributed by atoms with van der Waals surface area (Å²) < 4.78 is 1.54. The first kappa shape index (κ1) is 21.0.